The minimum Gasteiger partial charge on any atom is -0.378 e. The largest absolute Gasteiger partial charge is 0.378 e. The zero-order chi connectivity index (χ0) is 32.4. The second-order valence-corrected chi connectivity index (χ2v) is 13.9. The van der Waals surface area contributed by atoms with Crippen LogP contribution in [0.5, 0.6) is 0 Å². The number of likely N-dealkylation sites (tertiary alicyclic amines) is 1. The van der Waals surface area contributed by atoms with Crippen molar-refractivity contribution in [2.45, 2.75) is 76.5 Å². The first kappa shape index (κ1) is 31.6. The maximum absolute atomic E-state index is 13.0. The third kappa shape index (κ3) is 6.35. The molecule has 1 fully saturated rings. The Morgan fingerprint density at radius 2 is 1.49 bits per heavy atom. The number of aryl methyl sites for hydroxylation is 2. The van der Waals surface area contributed by atoms with Crippen LogP contribution in [0.25, 0.3) is 10.9 Å². The smallest absolute Gasteiger partial charge is 0.261 e. The van der Waals surface area contributed by atoms with Gasteiger partial charge in [-0.05, 0) is 92.4 Å². The highest BCUT2D eigenvalue weighted by atomic mass is 16.5. The van der Waals surface area contributed by atoms with Crippen molar-refractivity contribution >= 4 is 28.4 Å². The van der Waals surface area contributed by atoms with Gasteiger partial charge in [-0.3, -0.25) is 14.5 Å². The lowest BCUT2D eigenvalue weighted by atomic mass is 9.84. The van der Waals surface area contributed by atoms with Crippen molar-refractivity contribution in [2.24, 2.45) is 0 Å². The molecule has 246 valence electrons. The molecule has 7 nitrogen and oxygen atoms in total. The normalized spacial score (nSPS) is 17.2. The predicted octanol–water partition coefficient (Wildman–Crippen LogP) is 7.41. The lowest BCUT2D eigenvalue weighted by molar-refractivity contribution is -0.0788. The van der Waals surface area contributed by atoms with E-state index in [1.165, 1.54) is 45.3 Å². The number of amides is 2. The number of carbonyl (C=O) groups excluding carboxylic acids is 2. The van der Waals surface area contributed by atoms with Crippen LogP contribution < -0.4 is 4.90 Å². The number of hydrogen-bond donors (Lipinski definition) is 0. The third-order valence-corrected chi connectivity index (χ3v) is 10.7. The van der Waals surface area contributed by atoms with Crippen LogP contribution in [0.1, 0.15) is 88.8 Å². The molecule has 47 heavy (non-hydrogen) atoms. The average Bonchev–Trinajstić information content (AvgIpc) is 3.71. The monoisotopic (exact) mass is 632 g/mol. The van der Waals surface area contributed by atoms with Gasteiger partial charge in [-0.2, -0.15) is 0 Å². The van der Waals surface area contributed by atoms with Gasteiger partial charge in [0.1, 0.15) is 0 Å². The van der Waals surface area contributed by atoms with Crippen molar-refractivity contribution in [3.05, 3.63) is 101 Å². The number of imide groups is 1. The molecular formula is C40H48N4O3. The van der Waals surface area contributed by atoms with E-state index in [0.717, 1.165) is 83.4 Å². The fraction of sp³-hybridized carbons (Fsp3) is 0.450. The van der Waals surface area contributed by atoms with E-state index in [0.29, 0.717) is 17.7 Å². The van der Waals surface area contributed by atoms with E-state index in [9.17, 15) is 9.59 Å². The van der Waals surface area contributed by atoms with Crippen LogP contribution in [0.4, 0.5) is 5.69 Å². The molecular weight excluding hydrogens is 584 g/mol. The predicted molar refractivity (Wildman–Crippen MR) is 188 cm³/mol. The number of benzene rings is 3. The number of fused-ring (bicyclic) bond motifs is 4. The Labute approximate surface area is 279 Å². The Bertz CT molecular complexity index is 1750. The summed E-state index contributed by atoms with van der Waals surface area (Å²) in [5.74, 6) is -0.315. The summed E-state index contributed by atoms with van der Waals surface area (Å²) in [6, 6.07) is 23.1. The highest BCUT2D eigenvalue weighted by Gasteiger charge is 2.42. The summed E-state index contributed by atoms with van der Waals surface area (Å²) < 4.78 is 8.80. The molecule has 0 aliphatic carbocycles. The lowest BCUT2D eigenvalue weighted by Crippen LogP contribution is -2.42. The molecule has 3 aromatic carbocycles. The average molecular weight is 633 g/mol. The van der Waals surface area contributed by atoms with Crippen molar-refractivity contribution in [1.82, 2.24) is 14.4 Å². The van der Waals surface area contributed by atoms with Gasteiger partial charge in [0, 0.05) is 63.1 Å². The minimum absolute atomic E-state index is 0.0514. The molecule has 4 heterocycles. The van der Waals surface area contributed by atoms with Crippen LogP contribution in [0.3, 0.4) is 0 Å². The summed E-state index contributed by atoms with van der Waals surface area (Å²) in [6.45, 7) is 5.63. The third-order valence-electron chi connectivity index (χ3n) is 10.7. The highest BCUT2D eigenvalue weighted by Crippen LogP contribution is 2.44. The first-order valence-electron chi connectivity index (χ1n) is 17.6. The van der Waals surface area contributed by atoms with Crippen LogP contribution in [0, 0.1) is 0 Å². The molecule has 1 saturated heterocycles. The molecule has 0 unspecified atom stereocenters. The number of rotatable bonds is 13. The first-order valence-corrected chi connectivity index (χ1v) is 17.6. The van der Waals surface area contributed by atoms with Gasteiger partial charge in [-0.15, -0.1) is 0 Å². The van der Waals surface area contributed by atoms with Gasteiger partial charge in [0.25, 0.3) is 11.8 Å². The topological polar surface area (TPSA) is 58.0 Å². The number of carbonyl (C=O) groups is 2. The molecule has 0 radical (unpaired) electrons. The molecule has 0 atom stereocenters. The number of anilines is 1. The molecule has 1 aromatic heterocycles. The zero-order valence-corrected chi connectivity index (χ0v) is 28.0. The summed E-state index contributed by atoms with van der Waals surface area (Å²) in [4.78, 5) is 31.8. The Kier molecular flexibility index (Phi) is 9.20. The summed E-state index contributed by atoms with van der Waals surface area (Å²) in [5.41, 5.74) is 7.52. The van der Waals surface area contributed by atoms with Gasteiger partial charge >= 0.3 is 0 Å². The first-order chi connectivity index (χ1) is 22.9. The Balaban J connectivity index is 0.842. The maximum atomic E-state index is 13.0. The van der Waals surface area contributed by atoms with Crippen molar-refractivity contribution in [3.8, 4) is 0 Å². The molecule has 0 bridgehead atoms. The lowest BCUT2D eigenvalue weighted by Gasteiger charge is -2.39. The minimum atomic E-state index is -0.158. The van der Waals surface area contributed by atoms with Gasteiger partial charge in [0.15, 0.2) is 0 Å². The van der Waals surface area contributed by atoms with E-state index in [2.05, 4.69) is 64.2 Å². The van der Waals surface area contributed by atoms with E-state index >= 15 is 0 Å². The van der Waals surface area contributed by atoms with Gasteiger partial charge in [0.05, 0.1) is 23.3 Å². The van der Waals surface area contributed by atoms with Crippen molar-refractivity contribution in [2.75, 3.05) is 45.2 Å². The van der Waals surface area contributed by atoms with Crippen LogP contribution >= 0.6 is 0 Å². The van der Waals surface area contributed by atoms with E-state index in [4.69, 9.17) is 4.74 Å². The molecule has 1 spiro atoms. The molecule has 0 N–H and O–H groups in total. The van der Waals surface area contributed by atoms with Crippen LogP contribution in [0.15, 0.2) is 72.9 Å². The fourth-order valence-electron chi connectivity index (χ4n) is 7.96. The van der Waals surface area contributed by atoms with Gasteiger partial charge in [0.2, 0.25) is 0 Å². The quantitative estimate of drug-likeness (QED) is 0.114. The Hall–Kier alpha value is -3.94. The molecule has 3 aliphatic heterocycles. The van der Waals surface area contributed by atoms with E-state index < -0.39 is 0 Å². The fourth-order valence-corrected chi connectivity index (χ4v) is 7.96. The van der Waals surface area contributed by atoms with E-state index in [1.807, 2.05) is 31.1 Å². The van der Waals surface area contributed by atoms with Crippen molar-refractivity contribution in [1.29, 1.82) is 0 Å². The number of para-hydroxylation sites is 1. The Morgan fingerprint density at radius 3 is 2.32 bits per heavy atom. The number of piperidine rings is 1. The summed E-state index contributed by atoms with van der Waals surface area (Å²) in [6.07, 6.45) is 12.1. The number of aromatic nitrogens is 1. The second-order valence-electron chi connectivity index (χ2n) is 13.9. The number of unbranched alkanes of at least 4 members (excludes halogenated alkanes) is 4. The molecule has 2 amide bonds. The SMILES string of the molecule is CN(C)c1ccc2c(c1)C(=O)N(CCCCCCn1cc(CCCCN3CCC4(CC3)OCc3ccccc34)c3ccccc31)C2=O. The van der Waals surface area contributed by atoms with Crippen LogP contribution in [-0.2, 0) is 29.9 Å². The summed E-state index contributed by atoms with van der Waals surface area (Å²) in [7, 11) is 3.88. The molecule has 0 saturated carbocycles. The number of hydrogen-bond acceptors (Lipinski definition) is 5. The molecule has 7 rings (SSSR count). The van der Waals surface area contributed by atoms with E-state index in [1.54, 1.807) is 6.07 Å². The van der Waals surface area contributed by atoms with Crippen molar-refractivity contribution < 1.29 is 14.3 Å². The molecule has 4 aromatic rings. The highest BCUT2D eigenvalue weighted by molar-refractivity contribution is 6.21. The second kappa shape index (κ2) is 13.7. The van der Waals surface area contributed by atoms with Gasteiger partial charge in [-0.25, -0.2) is 0 Å². The van der Waals surface area contributed by atoms with Crippen molar-refractivity contribution in [3.63, 3.8) is 0 Å². The number of nitrogens with zero attached hydrogens (tertiary/aromatic N) is 4. The van der Waals surface area contributed by atoms with Gasteiger partial charge < -0.3 is 19.1 Å². The molecule has 7 heteroatoms. The van der Waals surface area contributed by atoms with Gasteiger partial charge in [-0.1, -0.05) is 55.3 Å². The van der Waals surface area contributed by atoms with E-state index in [-0.39, 0.29) is 17.4 Å². The summed E-state index contributed by atoms with van der Waals surface area (Å²) in [5, 5.41) is 1.38. The van der Waals surface area contributed by atoms with Crippen LogP contribution in [-0.4, -0.2) is 66.5 Å². The van der Waals surface area contributed by atoms with Crippen LogP contribution in [0.2, 0.25) is 0 Å². The summed E-state index contributed by atoms with van der Waals surface area (Å²) >= 11 is 0. The molecule has 3 aliphatic rings. The maximum Gasteiger partial charge on any atom is 0.261 e. The standard InChI is InChI=1S/C40H48N4O3/c1-41(2)32-18-19-34-35(27-32)39(46)44(38(34)45)24-11-4-3-10-23-43-28-30(33-15-6-8-17-37(33)43)13-9-12-22-42-25-20-40(21-26-42)36-16-7-5-14-31(36)29-47-40/h5-8,14-19,27-28H,3-4,9-13,20-26,29H2,1-2H3. The Morgan fingerprint density at radius 1 is 0.766 bits per heavy atom. The zero-order valence-electron chi connectivity index (χ0n) is 28.0. The number of ether oxygens (including phenoxy) is 1.